The predicted molar refractivity (Wildman–Crippen MR) is 139 cm³/mol. The molecule has 0 aliphatic rings. The minimum absolute atomic E-state index is 0.137. The summed E-state index contributed by atoms with van der Waals surface area (Å²) >= 11 is 0. The van der Waals surface area contributed by atoms with Gasteiger partial charge in [-0.2, -0.15) is 0 Å². The summed E-state index contributed by atoms with van der Waals surface area (Å²) in [6.07, 6.45) is 2.79. The number of ether oxygens (including phenoxy) is 1. The fourth-order valence-electron chi connectivity index (χ4n) is 4.06. The number of rotatable bonds is 9. The highest BCUT2D eigenvalue weighted by Gasteiger charge is 2.19. The van der Waals surface area contributed by atoms with E-state index in [1.807, 2.05) is 51.2 Å². The summed E-state index contributed by atoms with van der Waals surface area (Å²) in [5.41, 5.74) is 6.69. The van der Waals surface area contributed by atoms with Crippen LogP contribution in [0, 0.1) is 20.8 Å². The van der Waals surface area contributed by atoms with Crippen molar-refractivity contribution in [2.24, 2.45) is 0 Å². The molecule has 0 bridgehead atoms. The first kappa shape index (κ1) is 25.4. The monoisotopic (exact) mass is 506 g/mol. The zero-order valence-corrected chi connectivity index (χ0v) is 21.7. The highest BCUT2D eigenvalue weighted by molar-refractivity contribution is 7.92. The maximum atomic E-state index is 12.4. The Morgan fingerprint density at radius 2 is 1.69 bits per heavy atom. The Morgan fingerprint density at radius 1 is 1.00 bits per heavy atom. The quantitative estimate of drug-likeness (QED) is 0.346. The summed E-state index contributed by atoms with van der Waals surface area (Å²) < 4.78 is 32.6. The fourth-order valence-corrected chi connectivity index (χ4v) is 5.23. The number of imidazole rings is 1. The number of carbonyl (C=O) groups is 1. The normalized spacial score (nSPS) is 11.6. The molecule has 0 saturated heterocycles. The van der Waals surface area contributed by atoms with Crippen LogP contribution in [0.15, 0.2) is 59.6 Å². The fraction of sp³-hybridized carbons (Fsp3) is 0.296. The van der Waals surface area contributed by atoms with E-state index in [2.05, 4.69) is 21.6 Å². The van der Waals surface area contributed by atoms with E-state index < -0.39 is 21.5 Å². The number of carbonyl (C=O) groups excluding carboxylic acids is 1. The van der Waals surface area contributed by atoms with Crippen LogP contribution in [0.5, 0.6) is 5.75 Å². The number of hydrogen-bond acceptors (Lipinski definition) is 6. The standard InChI is InChI=1S/C27H30N4O4S/c1-5-24-26(31-16-19(3)29-20(4)27(31)30-24)21-8-10-22(11-9-21)35-15-14-28-25(32)17-36(33,34)23-12-6-18(2)7-13-23/h6-13,16H,5,14-15,17H2,1-4H3,(H,28,32). The number of nitrogens with one attached hydrogen (secondary N) is 1. The van der Waals surface area contributed by atoms with E-state index in [9.17, 15) is 13.2 Å². The molecule has 2 aromatic heterocycles. The van der Waals surface area contributed by atoms with Gasteiger partial charge in [-0.3, -0.25) is 14.2 Å². The number of amides is 1. The van der Waals surface area contributed by atoms with Crippen LogP contribution in [0.1, 0.15) is 29.6 Å². The molecule has 0 unspecified atom stereocenters. The Hall–Kier alpha value is -3.72. The molecule has 1 N–H and O–H groups in total. The van der Waals surface area contributed by atoms with Crippen LogP contribution in [0.2, 0.25) is 0 Å². The van der Waals surface area contributed by atoms with Crippen molar-refractivity contribution in [1.82, 2.24) is 19.7 Å². The molecule has 36 heavy (non-hydrogen) atoms. The number of aromatic nitrogens is 3. The van der Waals surface area contributed by atoms with Crippen molar-refractivity contribution in [2.45, 2.75) is 39.0 Å². The van der Waals surface area contributed by atoms with Crippen molar-refractivity contribution in [2.75, 3.05) is 18.9 Å². The van der Waals surface area contributed by atoms with Gasteiger partial charge in [-0.05, 0) is 63.6 Å². The molecule has 4 aromatic rings. The second kappa shape index (κ2) is 10.5. The Balaban J connectivity index is 1.35. The lowest BCUT2D eigenvalue weighted by Crippen LogP contribution is -2.33. The maximum absolute atomic E-state index is 12.4. The van der Waals surface area contributed by atoms with Gasteiger partial charge in [-0.25, -0.2) is 13.4 Å². The molecule has 2 heterocycles. The Labute approximate surface area is 211 Å². The third-order valence-corrected chi connectivity index (χ3v) is 7.46. The molecule has 8 nitrogen and oxygen atoms in total. The second-order valence-electron chi connectivity index (χ2n) is 8.72. The molecule has 0 radical (unpaired) electrons. The summed E-state index contributed by atoms with van der Waals surface area (Å²) in [7, 11) is -3.68. The lowest BCUT2D eigenvalue weighted by molar-refractivity contribution is -0.118. The van der Waals surface area contributed by atoms with Crippen LogP contribution in [-0.2, 0) is 21.1 Å². The van der Waals surface area contributed by atoms with Crippen LogP contribution in [0.4, 0.5) is 0 Å². The van der Waals surface area contributed by atoms with Crippen LogP contribution in [0.3, 0.4) is 0 Å². The van der Waals surface area contributed by atoms with Gasteiger partial charge >= 0.3 is 0 Å². The number of sulfone groups is 1. The summed E-state index contributed by atoms with van der Waals surface area (Å²) in [5, 5.41) is 2.61. The molecular weight excluding hydrogens is 476 g/mol. The van der Waals surface area contributed by atoms with Gasteiger partial charge in [-0.15, -0.1) is 0 Å². The highest BCUT2D eigenvalue weighted by atomic mass is 32.2. The predicted octanol–water partition coefficient (Wildman–Crippen LogP) is 3.85. The van der Waals surface area contributed by atoms with Crippen LogP contribution in [-0.4, -0.2) is 47.6 Å². The first-order valence-corrected chi connectivity index (χ1v) is 13.5. The third kappa shape index (κ3) is 5.57. The second-order valence-corrected chi connectivity index (χ2v) is 10.7. The molecule has 0 atom stereocenters. The van der Waals surface area contributed by atoms with Gasteiger partial charge in [0.25, 0.3) is 0 Å². The lowest BCUT2D eigenvalue weighted by atomic mass is 10.1. The summed E-state index contributed by atoms with van der Waals surface area (Å²) in [6, 6.07) is 14.2. The van der Waals surface area contributed by atoms with Crippen LogP contribution in [0.25, 0.3) is 16.9 Å². The molecule has 0 saturated carbocycles. The average Bonchev–Trinajstić information content (AvgIpc) is 3.21. The van der Waals surface area contributed by atoms with Gasteiger partial charge in [0, 0.05) is 11.8 Å². The van der Waals surface area contributed by atoms with Crippen molar-refractivity contribution in [3.05, 3.63) is 77.4 Å². The molecule has 0 aliphatic carbocycles. The van der Waals surface area contributed by atoms with E-state index in [4.69, 9.17) is 9.72 Å². The van der Waals surface area contributed by atoms with E-state index >= 15 is 0 Å². The SMILES string of the molecule is CCc1nc2c(C)nc(C)cn2c1-c1ccc(OCCNC(=O)CS(=O)(=O)c2ccc(C)cc2)cc1. The zero-order valence-electron chi connectivity index (χ0n) is 20.9. The molecule has 188 valence electrons. The molecule has 2 aromatic carbocycles. The summed E-state index contributed by atoms with van der Waals surface area (Å²) in [6.45, 7) is 8.30. The van der Waals surface area contributed by atoms with Crippen LogP contribution >= 0.6 is 0 Å². The zero-order chi connectivity index (χ0) is 25.9. The minimum Gasteiger partial charge on any atom is -0.492 e. The van der Waals surface area contributed by atoms with E-state index in [1.54, 1.807) is 12.1 Å². The van der Waals surface area contributed by atoms with E-state index in [1.165, 1.54) is 12.1 Å². The van der Waals surface area contributed by atoms with Gasteiger partial charge in [0.05, 0.1) is 34.2 Å². The third-order valence-electron chi connectivity index (χ3n) is 5.82. The molecule has 4 rings (SSSR count). The average molecular weight is 507 g/mol. The topological polar surface area (TPSA) is 103 Å². The number of aryl methyl sites for hydroxylation is 4. The number of hydrogen-bond donors (Lipinski definition) is 1. The smallest absolute Gasteiger partial charge is 0.235 e. The number of fused-ring (bicyclic) bond motifs is 1. The van der Waals surface area contributed by atoms with Crippen molar-refractivity contribution in [3.63, 3.8) is 0 Å². The summed E-state index contributed by atoms with van der Waals surface area (Å²) in [5.74, 6) is -0.506. The first-order chi connectivity index (χ1) is 17.2. The van der Waals surface area contributed by atoms with E-state index in [0.29, 0.717) is 5.75 Å². The minimum atomic E-state index is -3.68. The number of nitrogens with zero attached hydrogens (tertiary/aromatic N) is 3. The largest absolute Gasteiger partial charge is 0.492 e. The molecule has 1 amide bonds. The Bertz CT molecular complexity index is 1490. The van der Waals surface area contributed by atoms with E-state index in [-0.39, 0.29) is 18.0 Å². The van der Waals surface area contributed by atoms with Gasteiger partial charge in [0.2, 0.25) is 5.91 Å². The Morgan fingerprint density at radius 3 is 2.36 bits per heavy atom. The van der Waals surface area contributed by atoms with Crippen molar-refractivity contribution in [1.29, 1.82) is 0 Å². The van der Waals surface area contributed by atoms with Gasteiger partial charge < -0.3 is 10.1 Å². The van der Waals surface area contributed by atoms with Gasteiger partial charge in [-0.1, -0.05) is 24.6 Å². The van der Waals surface area contributed by atoms with Gasteiger partial charge in [0.15, 0.2) is 15.5 Å². The molecule has 0 aliphatic heterocycles. The Kier molecular flexibility index (Phi) is 7.40. The highest BCUT2D eigenvalue weighted by Crippen LogP contribution is 2.28. The maximum Gasteiger partial charge on any atom is 0.235 e. The lowest BCUT2D eigenvalue weighted by Gasteiger charge is -2.10. The molecule has 0 spiro atoms. The van der Waals surface area contributed by atoms with Crippen molar-refractivity contribution >= 4 is 21.4 Å². The molecule has 9 heteroatoms. The van der Waals surface area contributed by atoms with Crippen molar-refractivity contribution in [3.8, 4) is 17.0 Å². The van der Waals surface area contributed by atoms with Gasteiger partial charge in [0.1, 0.15) is 18.1 Å². The van der Waals surface area contributed by atoms with E-state index in [0.717, 1.165) is 46.0 Å². The number of benzene rings is 2. The van der Waals surface area contributed by atoms with Crippen LogP contribution < -0.4 is 10.1 Å². The molecule has 0 fully saturated rings. The summed E-state index contributed by atoms with van der Waals surface area (Å²) in [4.78, 5) is 21.6. The van der Waals surface area contributed by atoms with Crippen molar-refractivity contribution < 1.29 is 17.9 Å². The first-order valence-electron chi connectivity index (χ1n) is 11.8. The molecular formula is C27H30N4O4S.